The number of pyridine rings is 1. The summed E-state index contributed by atoms with van der Waals surface area (Å²) in [6.07, 6.45) is 3.21. The van der Waals surface area contributed by atoms with Crippen molar-refractivity contribution in [2.45, 2.75) is 6.54 Å². The third kappa shape index (κ3) is 2.81. The Kier molecular flexibility index (Phi) is 3.87. The lowest BCUT2D eigenvalue weighted by Crippen LogP contribution is -2.13. The first-order chi connectivity index (χ1) is 8.47. The molecule has 1 aromatic heterocycles. The van der Waals surface area contributed by atoms with Gasteiger partial charge in [0.1, 0.15) is 5.82 Å². The number of hydrogen-bond acceptors (Lipinski definition) is 2. The topological polar surface area (TPSA) is 48.0 Å². The molecule has 2 rings (SSSR count). The molecule has 3 nitrogen and oxygen atoms in total. The molecule has 0 bridgehead atoms. The highest BCUT2D eigenvalue weighted by Crippen LogP contribution is 2.18. The minimum Gasteiger partial charge on any atom is -0.394 e. The maximum absolute atomic E-state index is 13.1. The minimum absolute atomic E-state index is 0.172. The summed E-state index contributed by atoms with van der Waals surface area (Å²) in [6.45, 7) is 0.502. The molecule has 0 unspecified atom stereocenters. The van der Waals surface area contributed by atoms with Gasteiger partial charge < -0.3 is 10.3 Å². The molecular formula is C12H9Br2FN2O. The van der Waals surface area contributed by atoms with Crippen LogP contribution in [0.25, 0.3) is 0 Å². The molecule has 0 aliphatic rings. The van der Waals surface area contributed by atoms with Crippen molar-refractivity contribution in [1.29, 1.82) is 0 Å². The highest BCUT2D eigenvalue weighted by Gasteiger charge is 2.04. The summed E-state index contributed by atoms with van der Waals surface area (Å²) in [6, 6.07) is 4.76. The summed E-state index contributed by atoms with van der Waals surface area (Å²) >= 11 is 6.29. The van der Waals surface area contributed by atoms with E-state index in [2.05, 4.69) is 31.9 Å². The Bertz CT molecular complexity index is 629. The summed E-state index contributed by atoms with van der Waals surface area (Å²) in [5.41, 5.74) is 6.44. The standard InChI is InChI=1S/C12H9Br2FN2O/c13-8-3-7(1-2-10(8)15)4-17-5-9(14)12(18)11(16)6-17/h1-3,5-6H,4,16H2. The van der Waals surface area contributed by atoms with Crippen LogP contribution in [0.1, 0.15) is 5.56 Å². The zero-order chi connectivity index (χ0) is 13.3. The first-order valence-electron chi connectivity index (χ1n) is 5.06. The molecule has 2 N–H and O–H groups in total. The van der Waals surface area contributed by atoms with Crippen molar-refractivity contribution in [2.24, 2.45) is 0 Å². The van der Waals surface area contributed by atoms with Gasteiger partial charge in [-0.3, -0.25) is 4.79 Å². The van der Waals surface area contributed by atoms with Crippen molar-refractivity contribution in [3.8, 4) is 0 Å². The number of anilines is 1. The number of hydrogen-bond donors (Lipinski definition) is 1. The second kappa shape index (κ2) is 5.24. The Morgan fingerprint density at radius 3 is 2.56 bits per heavy atom. The molecule has 0 aliphatic carbocycles. The van der Waals surface area contributed by atoms with E-state index in [0.717, 1.165) is 5.56 Å². The Balaban J connectivity index is 2.34. The third-order valence-electron chi connectivity index (χ3n) is 2.41. The van der Waals surface area contributed by atoms with Crippen LogP contribution in [-0.2, 0) is 6.54 Å². The predicted octanol–water partition coefficient (Wildman–Crippen LogP) is 3.14. The Hall–Kier alpha value is -1.14. The van der Waals surface area contributed by atoms with Crippen LogP contribution in [-0.4, -0.2) is 4.57 Å². The molecule has 0 radical (unpaired) electrons. The Labute approximate surface area is 120 Å². The van der Waals surface area contributed by atoms with Crippen molar-refractivity contribution in [2.75, 3.05) is 5.73 Å². The van der Waals surface area contributed by atoms with E-state index in [0.29, 0.717) is 15.5 Å². The lowest BCUT2D eigenvalue weighted by molar-refractivity contribution is 0.619. The van der Waals surface area contributed by atoms with E-state index in [1.807, 2.05) is 0 Å². The fourth-order valence-electron chi connectivity index (χ4n) is 1.56. The monoisotopic (exact) mass is 374 g/mol. The first kappa shape index (κ1) is 13.3. The smallest absolute Gasteiger partial charge is 0.218 e. The second-order valence-electron chi connectivity index (χ2n) is 3.81. The molecule has 0 fully saturated rings. The molecule has 0 spiro atoms. The van der Waals surface area contributed by atoms with Crippen molar-refractivity contribution in [3.63, 3.8) is 0 Å². The average molecular weight is 376 g/mol. The molecule has 0 saturated heterocycles. The number of nitrogen functional groups attached to an aromatic ring is 1. The van der Waals surface area contributed by atoms with Crippen LogP contribution in [0.5, 0.6) is 0 Å². The largest absolute Gasteiger partial charge is 0.394 e. The number of aromatic nitrogens is 1. The van der Waals surface area contributed by atoms with Crippen LogP contribution >= 0.6 is 31.9 Å². The van der Waals surface area contributed by atoms with Crippen LogP contribution in [0.2, 0.25) is 0 Å². The van der Waals surface area contributed by atoms with E-state index in [4.69, 9.17) is 5.73 Å². The van der Waals surface area contributed by atoms with Crippen LogP contribution in [0.3, 0.4) is 0 Å². The van der Waals surface area contributed by atoms with Gasteiger partial charge in [-0.15, -0.1) is 0 Å². The number of nitrogens with zero attached hydrogens (tertiary/aromatic N) is 1. The maximum Gasteiger partial charge on any atom is 0.218 e. The maximum atomic E-state index is 13.1. The fourth-order valence-corrected chi connectivity index (χ4v) is 2.47. The van der Waals surface area contributed by atoms with Crippen LogP contribution in [0.15, 0.2) is 44.3 Å². The van der Waals surface area contributed by atoms with Gasteiger partial charge >= 0.3 is 0 Å². The van der Waals surface area contributed by atoms with E-state index in [1.165, 1.54) is 6.07 Å². The molecular weight excluding hydrogens is 367 g/mol. The molecule has 0 amide bonds. The number of benzene rings is 1. The minimum atomic E-state index is -0.306. The fraction of sp³-hybridized carbons (Fsp3) is 0.0833. The van der Waals surface area contributed by atoms with Crippen molar-refractivity contribution in [3.05, 3.63) is 61.1 Å². The second-order valence-corrected chi connectivity index (χ2v) is 5.52. The van der Waals surface area contributed by atoms with Crippen molar-refractivity contribution < 1.29 is 4.39 Å². The summed E-state index contributed by atoms with van der Waals surface area (Å²) in [4.78, 5) is 11.4. The highest BCUT2D eigenvalue weighted by atomic mass is 79.9. The quantitative estimate of drug-likeness (QED) is 0.876. The summed E-state index contributed by atoms with van der Waals surface area (Å²) in [5.74, 6) is -0.306. The van der Waals surface area contributed by atoms with Gasteiger partial charge in [0.05, 0.1) is 14.6 Å². The molecule has 0 atom stereocenters. The summed E-state index contributed by atoms with van der Waals surface area (Å²) in [5, 5.41) is 0. The van der Waals surface area contributed by atoms with Gasteiger partial charge in [0.2, 0.25) is 5.43 Å². The third-order valence-corrected chi connectivity index (χ3v) is 3.58. The van der Waals surface area contributed by atoms with Crippen molar-refractivity contribution >= 4 is 37.5 Å². The number of halogens is 3. The predicted molar refractivity (Wildman–Crippen MR) is 76.0 cm³/mol. The van der Waals surface area contributed by atoms with Crippen LogP contribution < -0.4 is 11.2 Å². The van der Waals surface area contributed by atoms with Gasteiger partial charge in [-0.25, -0.2) is 4.39 Å². The zero-order valence-corrected chi connectivity index (χ0v) is 12.3. The van der Waals surface area contributed by atoms with Gasteiger partial charge in [-0.1, -0.05) is 6.07 Å². The molecule has 1 aromatic carbocycles. The van der Waals surface area contributed by atoms with E-state index in [1.54, 1.807) is 29.1 Å². The molecule has 0 aliphatic heterocycles. The molecule has 0 saturated carbocycles. The molecule has 2 aromatic rings. The first-order valence-corrected chi connectivity index (χ1v) is 6.65. The normalized spacial score (nSPS) is 10.6. The SMILES string of the molecule is Nc1cn(Cc2ccc(F)c(Br)c2)cc(Br)c1=O. The van der Waals surface area contributed by atoms with Gasteiger partial charge in [-0.2, -0.15) is 0 Å². The van der Waals surface area contributed by atoms with E-state index in [9.17, 15) is 9.18 Å². The molecule has 18 heavy (non-hydrogen) atoms. The van der Waals surface area contributed by atoms with E-state index < -0.39 is 0 Å². The van der Waals surface area contributed by atoms with Gasteiger partial charge in [-0.05, 0) is 49.6 Å². The van der Waals surface area contributed by atoms with Crippen LogP contribution in [0, 0.1) is 5.82 Å². The lowest BCUT2D eigenvalue weighted by Gasteiger charge is -2.09. The Morgan fingerprint density at radius 2 is 1.94 bits per heavy atom. The highest BCUT2D eigenvalue weighted by molar-refractivity contribution is 9.10. The average Bonchev–Trinajstić information content (AvgIpc) is 2.31. The number of nitrogens with two attached hydrogens (primary N) is 1. The van der Waals surface area contributed by atoms with E-state index in [-0.39, 0.29) is 16.9 Å². The zero-order valence-electron chi connectivity index (χ0n) is 9.16. The van der Waals surface area contributed by atoms with E-state index >= 15 is 0 Å². The van der Waals surface area contributed by atoms with Crippen molar-refractivity contribution in [1.82, 2.24) is 4.57 Å². The summed E-state index contributed by atoms with van der Waals surface area (Å²) < 4.78 is 15.7. The lowest BCUT2D eigenvalue weighted by atomic mass is 10.2. The van der Waals surface area contributed by atoms with Gasteiger partial charge in [0, 0.05) is 18.9 Å². The number of rotatable bonds is 2. The Morgan fingerprint density at radius 1 is 1.22 bits per heavy atom. The van der Waals surface area contributed by atoms with Gasteiger partial charge in [0.15, 0.2) is 0 Å². The van der Waals surface area contributed by atoms with Gasteiger partial charge in [0.25, 0.3) is 0 Å². The molecule has 6 heteroatoms. The molecule has 94 valence electrons. The molecule has 1 heterocycles. The summed E-state index contributed by atoms with van der Waals surface area (Å²) in [7, 11) is 0. The van der Waals surface area contributed by atoms with Crippen LogP contribution in [0.4, 0.5) is 10.1 Å².